The summed E-state index contributed by atoms with van der Waals surface area (Å²) in [4.78, 5) is 12.1. The summed E-state index contributed by atoms with van der Waals surface area (Å²) in [6.07, 6.45) is 29.6. The zero-order valence-corrected chi connectivity index (χ0v) is 21.3. The minimum atomic E-state index is 0.242. The number of amides is 1. The van der Waals surface area contributed by atoms with E-state index in [1.54, 1.807) is 0 Å². The van der Waals surface area contributed by atoms with Gasteiger partial charge < -0.3 is 11.1 Å². The molecule has 0 heterocycles. The van der Waals surface area contributed by atoms with Crippen molar-refractivity contribution >= 4 is 5.91 Å². The Bertz CT molecular complexity index is 394. The standard InChI is InChI=1S/C28H56N2O/c1-3-5-7-8-9-10-11-12-13-14-15-16-17-18-20-24-28(31)30-26-27(23-21-25-29)22-19-6-4-2/h12-13,27H,3-11,14-26,29H2,1-2H3,(H,30,31)/b13-12+. The van der Waals surface area contributed by atoms with Crippen LogP contribution in [0.2, 0.25) is 0 Å². The average molecular weight is 437 g/mol. The third kappa shape index (κ3) is 23.7. The zero-order valence-electron chi connectivity index (χ0n) is 21.3. The number of unbranched alkanes of at least 4 members (excludes halogenated alkanes) is 13. The van der Waals surface area contributed by atoms with Gasteiger partial charge in [-0.25, -0.2) is 0 Å². The first-order valence-electron chi connectivity index (χ1n) is 13.9. The smallest absolute Gasteiger partial charge is 0.220 e. The maximum Gasteiger partial charge on any atom is 0.220 e. The second-order valence-corrected chi connectivity index (χ2v) is 9.43. The molecule has 0 radical (unpaired) electrons. The van der Waals surface area contributed by atoms with Crippen molar-refractivity contribution in [3.05, 3.63) is 12.2 Å². The van der Waals surface area contributed by atoms with Crippen LogP contribution in [0.3, 0.4) is 0 Å². The van der Waals surface area contributed by atoms with Crippen LogP contribution in [0.4, 0.5) is 0 Å². The minimum absolute atomic E-state index is 0.242. The molecule has 31 heavy (non-hydrogen) atoms. The lowest BCUT2D eigenvalue weighted by Gasteiger charge is -2.17. The normalized spacial score (nSPS) is 12.5. The Balaban J connectivity index is 3.52. The highest BCUT2D eigenvalue weighted by atomic mass is 16.1. The Labute approximate surface area is 195 Å². The van der Waals surface area contributed by atoms with E-state index >= 15 is 0 Å². The van der Waals surface area contributed by atoms with Gasteiger partial charge in [-0.1, -0.05) is 96.6 Å². The first kappa shape index (κ1) is 30.2. The predicted octanol–water partition coefficient (Wildman–Crippen LogP) is 8.08. The molecule has 0 spiro atoms. The molecule has 3 heteroatoms. The number of hydrogen-bond donors (Lipinski definition) is 2. The van der Waals surface area contributed by atoms with Crippen LogP contribution in [0.15, 0.2) is 12.2 Å². The van der Waals surface area contributed by atoms with Crippen molar-refractivity contribution in [2.45, 2.75) is 142 Å². The summed E-state index contributed by atoms with van der Waals surface area (Å²) >= 11 is 0. The second kappa shape index (κ2) is 25.4. The van der Waals surface area contributed by atoms with E-state index in [4.69, 9.17) is 5.73 Å². The van der Waals surface area contributed by atoms with E-state index in [0.29, 0.717) is 12.3 Å². The number of rotatable bonds is 24. The van der Waals surface area contributed by atoms with Crippen molar-refractivity contribution in [1.29, 1.82) is 0 Å². The molecule has 0 aromatic heterocycles. The Morgan fingerprint density at radius 1 is 0.710 bits per heavy atom. The summed E-state index contributed by atoms with van der Waals surface area (Å²) in [5.41, 5.74) is 5.67. The lowest BCUT2D eigenvalue weighted by atomic mass is 9.96. The Morgan fingerprint density at radius 2 is 1.23 bits per heavy atom. The van der Waals surface area contributed by atoms with Gasteiger partial charge in [0.2, 0.25) is 5.91 Å². The molecule has 3 N–H and O–H groups in total. The van der Waals surface area contributed by atoms with Gasteiger partial charge >= 0.3 is 0 Å². The Hall–Kier alpha value is -0.830. The maximum atomic E-state index is 12.1. The molecule has 0 fully saturated rings. The number of hydrogen-bond acceptors (Lipinski definition) is 2. The molecule has 1 amide bonds. The fraction of sp³-hybridized carbons (Fsp3) is 0.893. The minimum Gasteiger partial charge on any atom is -0.356 e. The van der Waals surface area contributed by atoms with Crippen LogP contribution in [0.5, 0.6) is 0 Å². The molecule has 0 saturated heterocycles. The van der Waals surface area contributed by atoms with Gasteiger partial charge in [-0.15, -0.1) is 0 Å². The van der Waals surface area contributed by atoms with E-state index in [1.165, 1.54) is 103 Å². The van der Waals surface area contributed by atoms with Crippen molar-refractivity contribution in [2.75, 3.05) is 13.1 Å². The lowest BCUT2D eigenvalue weighted by Crippen LogP contribution is -2.29. The zero-order chi connectivity index (χ0) is 22.8. The fourth-order valence-electron chi connectivity index (χ4n) is 4.14. The van der Waals surface area contributed by atoms with Crippen LogP contribution in [0.25, 0.3) is 0 Å². The third-order valence-corrected chi connectivity index (χ3v) is 6.29. The van der Waals surface area contributed by atoms with E-state index in [9.17, 15) is 4.79 Å². The van der Waals surface area contributed by atoms with E-state index in [2.05, 4.69) is 31.3 Å². The van der Waals surface area contributed by atoms with E-state index in [1.807, 2.05) is 0 Å². The highest BCUT2D eigenvalue weighted by molar-refractivity contribution is 5.75. The van der Waals surface area contributed by atoms with Gasteiger partial charge in [0.1, 0.15) is 0 Å². The van der Waals surface area contributed by atoms with Crippen LogP contribution in [-0.4, -0.2) is 19.0 Å². The maximum absolute atomic E-state index is 12.1. The molecule has 0 aliphatic carbocycles. The van der Waals surface area contributed by atoms with Crippen LogP contribution in [-0.2, 0) is 4.79 Å². The summed E-state index contributed by atoms with van der Waals surface area (Å²) in [6, 6.07) is 0. The highest BCUT2D eigenvalue weighted by Crippen LogP contribution is 2.15. The Kier molecular flexibility index (Phi) is 24.7. The first-order chi connectivity index (χ1) is 15.2. The van der Waals surface area contributed by atoms with E-state index in [-0.39, 0.29) is 5.91 Å². The van der Waals surface area contributed by atoms with Crippen LogP contribution >= 0.6 is 0 Å². The molecule has 1 atom stereocenters. The summed E-state index contributed by atoms with van der Waals surface area (Å²) in [7, 11) is 0. The van der Waals surface area contributed by atoms with Gasteiger partial charge in [-0.3, -0.25) is 4.79 Å². The van der Waals surface area contributed by atoms with Crippen LogP contribution in [0.1, 0.15) is 142 Å². The number of allylic oxidation sites excluding steroid dienone is 2. The van der Waals surface area contributed by atoms with Gasteiger partial charge in [0.25, 0.3) is 0 Å². The molecule has 0 saturated carbocycles. The van der Waals surface area contributed by atoms with Crippen molar-refractivity contribution in [3.63, 3.8) is 0 Å². The van der Waals surface area contributed by atoms with Crippen molar-refractivity contribution in [2.24, 2.45) is 11.7 Å². The summed E-state index contributed by atoms with van der Waals surface area (Å²) in [5.74, 6) is 0.846. The highest BCUT2D eigenvalue weighted by Gasteiger charge is 2.10. The molecule has 0 rings (SSSR count). The van der Waals surface area contributed by atoms with Gasteiger partial charge in [-0.2, -0.15) is 0 Å². The lowest BCUT2D eigenvalue weighted by molar-refractivity contribution is -0.121. The number of nitrogens with one attached hydrogen (secondary N) is 1. The van der Waals surface area contributed by atoms with Gasteiger partial charge in [0.05, 0.1) is 0 Å². The Morgan fingerprint density at radius 3 is 1.84 bits per heavy atom. The summed E-state index contributed by atoms with van der Waals surface area (Å²) in [6.45, 7) is 6.11. The molecule has 1 unspecified atom stereocenters. The molecule has 0 aromatic rings. The quantitative estimate of drug-likeness (QED) is 0.119. The van der Waals surface area contributed by atoms with E-state index < -0.39 is 0 Å². The third-order valence-electron chi connectivity index (χ3n) is 6.29. The number of carbonyl (C=O) groups is 1. The topological polar surface area (TPSA) is 55.1 Å². The van der Waals surface area contributed by atoms with Crippen molar-refractivity contribution in [1.82, 2.24) is 5.32 Å². The van der Waals surface area contributed by atoms with Gasteiger partial charge in [0.15, 0.2) is 0 Å². The molecule has 3 nitrogen and oxygen atoms in total. The number of nitrogens with two attached hydrogens (primary N) is 1. The SMILES string of the molecule is CCCCCCCC/C=C/CCCCCCCC(=O)NCC(CCCN)CCCCC. The number of carbonyl (C=O) groups excluding carboxylic acids is 1. The molecule has 0 aliphatic rings. The molecular weight excluding hydrogens is 380 g/mol. The summed E-state index contributed by atoms with van der Waals surface area (Å²) in [5, 5.41) is 3.18. The van der Waals surface area contributed by atoms with Crippen LogP contribution in [0, 0.1) is 5.92 Å². The van der Waals surface area contributed by atoms with Crippen molar-refractivity contribution in [3.8, 4) is 0 Å². The van der Waals surface area contributed by atoms with Gasteiger partial charge in [-0.05, 0) is 63.8 Å². The van der Waals surface area contributed by atoms with Crippen molar-refractivity contribution < 1.29 is 4.79 Å². The second-order valence-electron chi connectivity index (χ2n) is 9.43. The van der Waals surface area contributed by atoms with E-state index in [0.717, 1.165) is 32.4 Å². The average Bonchev–Trinajstić information content (AvgIpc) is 2.78. The molecule has 0 bridgehead atoms. The molecule has 0 aliphatic heterocycles. The van der Waals surface area contributed by atoms with Crippen LogP contribution < -0.4 is 11.1 Å². The molecule has 0 aromatic carbocycles. The van der Waals surface area contributed by atoms with Gasteiger partial charge in [0, 0.05) is 13.0 Å². The molecular formula is C28H56N2O. The summed E-state index contributed by atoms with van der Waals surface area (Å²) < 4.78 is 0. The fourth-order valence-corrected chi connectivity index (χ4v) is 4.14. The molecule has 184 valence electrons. The predicted molar refractivity (Wildman–Crippen MR) is 138 cm³/mol. The monoisotopic (exact) mass is 436 g/mol. The first-order valence-corrected chi connectivity index (χ1v) is 13.9. The largest absolute Gasteiger partial charge is 0.356 e.